The highest BCUT2D eigenvalue weighted by Crippen LogP contribution is 2.35. The zero-order valence-corrected chi connectivity index (χ0v) is 10.2. The molecule has 0 aliphatic heterocycles. The zero-order valence-electron chi connectivity index (χ0n) is 10.2. The van der Waals surface area contributed by atoms with Crippen molar-refractivity contribution in [3.63, 3.8) is 0 Å². The Hall–Kier alpha value is -1.92. The Balaban J connectivity index is 2.06. The summed E-state index contributed by atoms with van der Waals surface area (Å²) in [6.07, 6.45) is 0.0396. The van der Waals surface area contributed by atoms with Crippen molar-refractivity contribution in [3.8, 4) is 0 Å². The van der Waals surface area contributed by atoms with Crippen LogP contribution in [0.3, 0.4) is 0 Å². The van der Waals surface area contributed by atoms with E-state index < -0.39 is 23.6 Å². The van der Waals surface area contributed by atoms with Crippen LogP contribution >= 0.6 is 0 Å². The Kier molecular flexibility index (Phi) is 3.55. The van der Waals surface area contributed by atoms with Crippen molar-refractivity contribution in [2.75, 3.05) is 5.32 Å². The number of nitrogens with one attached hydrogen (secondary N) is 1. The summed E-state index contributed by atoms with van der Waals surface area (Å²) in [5, 5.41) is 30.8. The van der Waals surface area contributed by atoms with E-state index in [1.165, 1.54) is 24.3 Å². The van der Waals surface area contributed by atoms with Crippen LogP contribution in [0.4, 0.5) is 5.69 Å². The second kappa shape index (κ2) is 4.99. The SMILES string of the molecule is O=C(O)c1cccc(NC(=O)C(O)C2(O)CCC2)c1. The van der Waals surface area contributed by atoms with Gasteiger partial charge in [-0.15, -0.1) is 0 Å². The van der Waals surface area contributed by atoms with Gasteiger partial charge in [0.25, 0.3) is 5.91 Å². The molecule has 19 heavy (non-hydrogen) atoms. The zero-order chi connectivity index (χ0) is 14.0. The standard InChI is InChI=1S/C13H15NO5/c15-10(13(19)5-2-6-13)11(16)14-9-4-1-3-8(7-9)12(17)18/h1,3-4,7,10,15,19H,2,5-6H2,(H,14,16)(H,17,18). The lowest BCUT2D eigenvalue weighted by molar-refractivity contribution is -0.154. The average Bonchev–Trinajstić information content (AvgIpc) is 2.35. The fourth-order valence-electron chi connectivity index (χ4n) is 2.00. The van der Waals surface area contributed by atoms with Gasteiger partial charge in [0.15, 0.2) is 6.10 Å². The molecular weight excluding hydrogens is 250 g/mol. The summed E-state index contributed by atoms with van der Waals surface area (Å²) in [4.78, 5) is 22.5. The van der Waals surface area contributed by atoms with Crippen LogP contribution in [0, 0.1) is 0 Å². The molecule has 1 fully saturated rings. The van der Waals surface area contributed by atoms with E-state index in [9.17, 15) is 19.8 Å². The maximum Gasteiger partial charge on any atom is 0.335 e. The molecule has 1 aromatic carbocycles. The molecule has 0 heterocycles. The van der Waals surface area contributed by atoms with E-state index in [0.717, 1.165) is 6.42 Å². The fourth-order valence-corrected chi connectivity index (χ4v) is 2.00. The van der Waals surface area contributed by atoms with Crippen LogP contribution in [0.5, 0.6) is 0 Å². The molecule has 0 radical (unpaired) electrons. The average molecular weight is 265 g/mol. The van der Waals surface area contributed by atoms with Crippen molar-refractivity contribution in [1.29, 1.82) is 0 Å². The molecule has 2 rings (SSSR count). The van der Waals surface area contributed by atoms with Gasteiger partial charge in [-0.3, -0.25) is 4.79 Å². The fraction of sp³-hybridized carbons (Fsp3) is 0.385. The number of carbonyl (C=O) groups is 2. The Morgan fingerprint density at radius 1 is 1.32 bits per heavy atom. The van der Waals surface area contributed by atoms with E-state index >= 15 is 0 Å². The third-order valence-electron chi connectivity index (χ3n) is 3.35. The highest BCUT2D eigenvalue weighted by molar-refractivity contribution is 5.96. The number of benzene rings is 1. The van der Waals surface area contributed by atoms with Crippen molar-refractivity contribution in [2.24, 2.45) is 0 Å². The number of aliphatic hydroxyl groups is 2. The van der Waals surface area contributed by atoms with Crippen LogP contribution in [-0.2, 0) is 4.79 Å². The van der Waals surface area contributed by atoms with E-state index in [1.54, 1.807) is 0 Å². The summed E-state index contributed by atoms with van der Waals surface area (Å²) in [7, 11) is 0. The molecule has 0 spiro atoms. The first-order chi connectivity index (χ1) is 8.92. The summed E-state index contributed by atoms with van der Waals surface area (Å²) in [5.41, 5.74) is -1.05. The molecule has 1 atom stereocenters. The van der Waals surface area contributed by atoms with Crippen LogP contribution in [0.25, 0.3) is 0 Å². The van der Waals surface area contributed by atoms with Gasteiger partial charge < -0.3 is 20.6 Å². The van der Waals surface area contributed by atoms with Crippen molar-refractivity contribution in [2.45, 2.75) is 31.0 Å². The number of hydrogen-bond acceptors (Lipinski definition) is 4. The van der Waals surface area contributed by atoms with Gasteiger partial charge in [0.2, 0.25) is 0 Å². The molecule has 1 saturated carbocycles. The highest BCUT2D eigenvalue weighted by Gasteiger charge is 2.45. The van der Waals surface area contributed by atoms with Gasteiger partial charge in [-0.1, -0.05) is 6.07 Å². The van der Waals surface area contributed by atoms with Crippen molar-refractivity contribution < 1.29 is 24.9 Å². The quantitative estimate of drug-likeness (QED) is 0.637. The van der Waals surface area contributed by atoms with Crippen LogP contribution < -0.4 is 5.32 Å². The number of rotatable bonds is 4. The minimum absolute atomic E-state index is 0.0367. The van der Waals surface area contributed by atoms with Crippen LogP contribution in [0.15, 0.2) is 24.3 Å². The summed E-state index contributed by atoms with van der Waals surface area (Å²) < 4.78 is 0. The van der Waals surface area contributed by atoms with Gasteiger partial charge in [0.05, 0.1) is 11.2 Å². The molecule has 1 unspecified atom stereocenters. The smallest absolute Gasteiger partial charge is 0.335 e. The first kappa shape index (κ1) is 13.5. The minimum atomic E-state index is -1.50. The number of carboxylic acids is 1. The predicted molar refractivity (Wildman–Crippen MR) is 66.8 cm³/mol. The second-order valence-corrected chi connectivity index (χ2v) is 4.73. The Morgan fingerprint density at radius 2 is 2.00 bits per heavy atom. The Bertz CT molecular complexity index is 510. The van der Waals surface area contributed by atoms with Crippen molar-refractivity contribution in [3.05, 3.63) is 29.8 Å². The lowest BCUT2D eigenvalue weighted by atomic mass is 9.76. The normalized spacial score (nSPS) is 18.2. The first-order valence-electron chi connectivity index (χ1n) is 5.97. The molecule has 1 aromatic rings. The van der Waals surface area contributed by atoms with Gasteiger partial charge in [-0.25, -0.2) is 4.79 Å². The van der Waals surface area contributed by atoms with Crippen LogP contribution in [-0.4, -0.2) is 38.9 Å². The molecular formula is C13H15NO5. The monoisotopic (exact) mass is 265 g/mol. The summed E-state index contributed by atoms with van der Waals surface area (Å²) in [6.45, 7) is 0. The predicted octanol–water partition coefficient (Wildman–Crippen LogP) is 0.599. The van der Waals surface area contributed by atoms with Crippen molar-refractivity contribution in [1.82, 2.24) is 0 Å². The minimum Gasteiger partial charge on any atom is -0.478 e. The molecule has 0 saturated heterocycles. The second-order valence-electron chi connectivity index (χ2n) is 4.73. The first-order valence-corrected chi connectivity index (χ1v) is 5.97. The lowest BCUT2D eigenvalue weighted by Gasteiger charge is -2.39. The van der Waals surface area contributed by atoms with E-state index in [-0.39, 0.29) is 11.3 Å². The molecule has 0 aromatic heterocycles. The largest absolute Gasteiger partial charge is 0.478 e. The van der Waals surface area contributed by atoms with Crippen LogP contribution in [0.2, 0.25) is 0 Å². The van der Waals surface area contributed by atoms with Crippen molar-refractivity contribution >= 4 is 17.6 Å². The number of amides is 1. The number of aliphatic hydroxyl groups excluding tert-OH is 1. The number of hydrogen-bond donors (Lipinski definition) is 4. The van der Waals surface area contributed by atoms with Gasteiger partial charge in [0.1, 0.15) is 0 Å². The van der Waals surface area contributed by atoms with E-state index in [4.69, 9.17) is 5.11 Å². The number of anilines is 1. The van der Waals surface area contributed by atoms with Gasteiger partial charge >= 0.3 is 5.97 Å². The van der Waals surface area contributed by atoms with Gasteiger partial charge in [-0.05, 0) is 37.5 Å². The topological polar surface area (TPSA) is 107 Å². The number of carboxylic acid groups (broad SMARTS) is 1. The molecule has 1 aliphatic rings. The number of aromatic carboxylic acids is 1. The molecule has 6 nitrogen and oxygen atoms in total. The van der Waals surface area contributed by atoms with Gasteiger partial charge in [0, 0.05) is 5.69 Å². The summed E-state index contributed by atoms with van der Waals surface area (Å²) >= 11 is 0. The van der Waals surface area contributed by atoms with E-state index in [2.05, 4.69) is 5.32 Å². The Morgan fingerprint density at radius 3 is 2.53 bits per heavy atom. The molecule has 102 valence electrons. The lowest BCUT2D eigenvalue weighted by Crippen LogP contribution is -2.53. The molecule has 6 heteroatoms. The third kappa shape index (κ3) is 2.74. The number of carbonyl (C=O) groups excluding carboxylic acids is 1. The third-order valence-corrected chi connectivity index (χ3v) is 3.35. The molecule has 1 amide bonds. The van der Waals surface area contributed by atoms with E-state index in [0.29, 0.717) is 12.8 Å². The van der Waals surface area contributed by atoms with Crippen LogP contribution in [0.1, 0.15) is 29.6 Å². The molecule has 0 bridgehead atoms. The summed E-state index contributed by atoms with van der Waals surface area (Å²) in [5.74, 6) is -1.83. The molecule has 1 aliphatic carbocycles. The summed E-state index contributed by atoms with van der Waals surface area (Å²) in [6, 6.07) is 5.69. The van der Waals surface area contributed by atoms with Gasteiger partial charge in [-0.2, -0.15) is 0 Å². The maximum absolute atomic E-state index is 11.8. The molecule has 4 N–H and O–H groups in total. The van der Waals surface area contributed by atoms with E-state index in [1.807, 2.05) is 0 Å². The Labute approximate surface area is 109 Å². The maximum atomic E-state index is 11.8. The highest BCUT2D eigenvalue weighted by atomic mass is 16.4.